The third-order valence-electron chi connectivity index (χ3n) is 3.31. The van der Waals surface area contributed by atoms with Crippen LogP contribution in [-0.4, -0.2) is 22.0 Å². The maximum atomic E-state index is 5.52. The molecule has 0 saturated heterocycles. The molecule has 1 aromatic heterocycles. The number of nitrogens with one attached hydrogen (secondary N) is 1. The van der Waals surface area contributed by atoms with Crippen molar-refractivity contribution in [2.24, 2.45) is 0 Å². The fourth-order valence-corrected chi connectivity index (χ4v) is 3.34. The van der Waals surface area contributed by atoms with Crippen LogP contribution in [0.3, 0.4) is 0 Å². The lowest BCUT2D eigenvalue weighted by Gasteiger charge is -2.26. The molecular formula is C16H23N3OS. The van der Waals surface area contributed by atoms with E-state index in [0.29, 0.717) is 16.4 Å². The zero-order valence-corrected chi connectivity index (χ0v) is 13.7. The maximum Gasteiger partial charge on any atom is 0.276 e. The number of hydrogen-bond donors (Lipinski definition) is 1. The topological polar surface area (TPSA) is 51.0 Å². The molecule has 0 bridgehead atoms. The first-order valence-corrected chi connectivity index (χ1v) is 8.37. The largest absolute Gasteiger partial charge is 0.416 e. The van der Waals surface area contributed by atoms with Gasteiger partial charge in [-0.15, -0.1) is 10.2 Å². The summed E-state index contributed by atoms with van der Waals surface area (Å²) in [5.74, 6) is 0.616. The summed E-state index contributed by atoms with van der Waals surface area (Å²) < 4.78 is 5.52. The number of thioether (sulfide) groups is 1. The minimum Gasteiger partial charge on any atom is -0.416 e. The maximum absolute atomic E-state index is 5.52. The van der Waals surface area contributed by atoms with Crippen LogP contribution in [0.4, 0.5) is 0 Å². The van der Waals surface area contributed by atoms with E-state index in [4.69, 9.17) is 4.42 Å². The molecule has 1 aromatic carbocycles. The van der Waals surface area contributed by atoms with Crippen LogP contribution in [-0.2, 0) is 0 Å². The summed E-state index contributed by atoms with van der Waals surface area (Å²) in [6.07, 6.45) is 2.15. The lowest BCUT2D eigenvalue weighted by Crippen LogP contribution is -2.30. The second-order valence-corrected chi connectivity index (χ2v) is 6.18. The van der Waals surface area contributed by atoms with Crippen LogP contribution < -0.4 is 5.32 Å². The highest BCUT2D eigenvalue weighted by Crippen LogP contribution is 2.33. The molecule has 2 atom stereocenters. The second-order valence-electron chi connectivity index (χ2n) is 4.99. The Bertz CT molecular complexity index is 529. The average molecular weight is 305 g/mol. The van der Waals surface area contributed by atoms with Gasteiger partial charge in [0.05, 0.1) is 0 Å². The van der Waals surface area contributed by atoms with Crippen molar-refractivity contribution in [3.8, 4) is 0 Å². The van der Waals surface area contributed by atoms with E-state index in [2.05, 4.69) is 59.7 Å². The van der Waals surface area contributed by atoms with Gasteiger partial charge in [0.25, 0.3) is 5.22 Å². The summed E-state index contributed by atoms with van der Waals surface area (Å²) >= 11 is 1.66. The van der Waals surface area contributed by atoms with Gasteiger partial charge in [0.15, 0.2) is 0 Å². The zero-order valence-electron chi connectivity index (χ0n) is 12.9. The van der Waals surface area contributed by atoms with Crippen molar-refractivity contribution in [2.45, 2.75) is 50.1 Å². The molecule has 0 aliphatic carbocycles. The molecule has 5 heteroatoms. The highest BCUT2D eigenvalue weighted by Gasteiger charge is 2.24. The fourth-order valence-electron chi connectivity index (χ4n) is 2.27. The molecule has 1 heterocycles. The Labute approximate surface area is 130 Å². The Kier molecular flexibility index (Phi) is 6.26. The Morgan fingerprint density at radius 1 is 1.19 bits per heavy atom. The fraction of sp³-hybridized carbons (Fsp3) is 0.500. The number of benzene rings is 1. The zero-order chi connectivity index (χ0) is 15.1. The van der Waals surface area contributed by atoms with Gasteiger partial charge in [0.2, 0.25) is 5.89 Å². The van der Waals surface area contributed by atoms with Crippen molar-refractivity contribution < 1.29 is 4.42 Å². The van der Waals surface area contributed by atoms with Crippen LogP contribution in [0.2, 0.25) is 0 Å². The van der Waals surface area contributed by atoms with Crippen LogP contribution in [0.15, 0.2) is 40.0 Å². The van der Waals surface area contributed by atoms with Gasteiger partial charge in [-0.25, -0.2) is 0 Å². The number of hydrogen-bond acceptors (Lipinski definition) is 5. The summed E-state index contributed by atoms with van der Waals surface area (Å²) in [4.78, 5) is 0. The molecule has 0 saturated carbocycles. The molecule has 0 radical (unpaired) electrons. The first-order valence-electron chi connectivity index (χ1n) is 7.49. The third-order valence-corrected chi connectivity index (χ3v) is 4.58. The van der Waals surface area contributed by atoms with Crippen molar-refractivity contribution in [1.29, 1.82) is 0 Å². The van der Waals surface area contributed by atoms with E-state index in [1.807, 2.05) is 6.92 Å². The first kappa shape index (κ1) is 16.0. The Morgan fingerprint density at radius 3 is 2.52 bits per heavy atom. The van der Waals surface area contributed by atoms with Crippen LogP contribution >= 0.6 is 11.8 Å². The molecule has 1 N–H and O–H groups in total. The summed E-state index contributed by atoms with van der Waals surface area (Å²) in [5, 5.41) is 12.7. The minimum atomic E-state index is 0.286. The van der Waals surface area contributed by atoms with Gasteiger partial charge in [-0.2, -0.15) is 0 Å². The molecule has 0 fully saturated rings. The van der Waals surface area contributed by atoms with Gasteiger partial charge < -0.3 is 9.73 Å². The van der Waals surface area contributed by atoms with E-state index in [0.717, 1.165) is 19.4 Å². The van der Waals surface area contributed by atoms with E-state index in [-0.39, 0.29) is 6.04 Å². The van der Waals surface area contributed by atoms with Gasteiger partial charge in [-0.1, -0.05) is 55.9 Å². The average Bonchev–Trinajstić information content (AvgIpc) is 2.92. The summed E-state index contributed by atoms with van der Waals surface area (Å²) in [6.45, 7) is 7.20. The van der Waals surface area contributed by atoms with E-state index in [1.54, 1.807) is 11.8 Å². The van der Waals surface area contributed by atoms with E-state index in [1.165, 1.54) is 5.56 Å². The Hall–Kier alpha value is -1.33. The van der Waals surface area contributed by atoms with Gasteiger partial charge in [0, 0.05) is 18.2 Å². The van der Waals surface area contributed by atoms with E-state index < -0.39 is 0 Å². The predicted molar refractivity (Wildman–Crippen MR) is 86.4 cm³/mol. The standard InChI is InChI=1S/C16H23N3OS/c1-4-11-17-15(13-9-7-6-8-10-13)14(5-2)21-16-19-18-12(3)20-16/h6-10,14-15,17H,4-5,11H2,1-3H3. The second kappa shape index (κ2) is 8.20. The Balaban J connectivity index is 2.16. The van der Waals surface area contributed by atoms with Crippen LogP contribution in [0.25, 0.3) is 0 Å². The van der Waals surface area contributed by atoms with Crippen LogP contribution in [0.1, 0.15) is 44.2 Å². The molecule has 0 aliphatic rings. The Morgan fingerprint density at radius 2 is 1.95 bits per heavy atom. The van der Waals surface area contributed by atoms with Gasteiger partial charge in [0.1, 0.15) is 0 Å². The number of aryl methyl sites for hydroxylation is 1. The van der Waals surface area contributed by atoms with E-state index >= 15 is 0 Å². The van der Waals surface area contributed by atoms with Gasteiger partial charge in [-0.05, 0) is 24.9 Å². The third kappa shape index (κ3) is 4.58. The van der Waals surface area contributed by atoms with Crippen molar-refractivity contribution in [3.63, 3.8) is 0 Å². The normalized spacial score (nSPS) is 14.0. The molecule has 0 aliphatic heterocycles. The highest BCUT2D eigenvalue weighted by atomic mass is 32.2. The van der Waals surface area contributed by atoms with Crippen LogP contribution in [0, 0.1) is 6.92 Å². The molecule has 2 unspecified atom stereocenters. The molecule has 21 heavy (non-hydrogen) atoms. The first-order chi connectivity index (χ1) is 10.2. The quantitative estimate of drug-likeness (QED) is 0.747. The summed E-state index contributed by atoms with van der Waals surface area (Å²) in [6, 6.07) is 10.9. The molecule has 0 amide bonds. The van der Waals surface area contributed by atoms with Crippen molar-refractivity contribution in [1.82, 2.24) is 15.5 Å². The number of aromatic nitrogens is 2. The van der Waals surface area contributed by atoms with Gasteiger partial charge >= 0.3 is 0 Å². The molecule has 2 aromatic rings. The SMILES string of the molecule is CCCNC(c1ccccc1)C(CC)Sc1nnc(C)o1. The van der Waals surface area contributed by atoms with Crippen molar-refractivity contribution in [3.05, 3.63) is 41.8 Å². The lowest BCUT2D eigenvalue weighted by molar-refractivity contribution is 0.424. The highest BCUT2D eigenvalue weighted by molar-refractivity contribution is 7.99. The minimum absolute atomic E-state index is 0.286. The molecular weight excluding hydrogens is 282 g/mol. The van der Waals surface area contributed by atoms with E-state index in [9.17, 15) is 0 Å². The smallest absolute Gasteiger partial charge is 0.276 e. The van der Waals surface area contributed by atoms with Gasteiger partial charge in [-0.3, -0.25) is 0 Å². The monoisotopic (exact) mass is 305 g/mol. The molecule has 114 valence electrons. The molecule has 4 nitrogen and oxygen atoms in total. The number of nitrogens with zero attached hydrogens (tertiary/aromatic N) is 2. The number of rotatable bonds is 8. The summed E-state index contributed by atoms with van der Waals surface area (Å²) in [7, 11) is 0. The molecule has 2 rings (SSSR count). The van der Waals surface area contributed by atoms with Crippen LogP contribution in [0.5, 0.6) is 0 Å². The summed E-state index contributed by atoms with van der Waals surface area (Å²) in [5.41, 5.74) is 1.31. The van der Waals surface area contributed by atoms with Crippen molar-refractivity contribution in [2.75, 3.05) is 6.54 Å². The predicted octanol–water partition coefficient (Wildman–Crippen LogP) is 3.99. The molecule has 0 spiro atoms. The lowest BCUT2D eigenvalue weighted by atomic mass is 10.0. The van der Waals surface area contributed by atoms with Crippen molar-refractivity contribution >= 4 is 11.8 Å².